The summed E-state index contributed by atoms with van der Waals surface area (Å²) in [5.41, 5.74) is 11.6. The second-order valence-electron chi connectivity index (χ2n) is 5.51. The average Bonchev–Trinajstić information content (AvgIpc) is 2.72. The van der Waals surface area contributed by atoms with E-state index >= 15 is 0 Å². The lowest BCUT2D eigenvalue weighted by Gasteiger charge is -2.24. The molecule has 0 spiro atoms. The summed E-state index contributed by atoms with van der Waals surface area (Å²) in [6, 6.07) is 16.9. The fraction of sp³-hybridized carbons (Fsp3) is 0.278. The Bertz CT molecular complexity index is 685. The van der Waals surface area contributed by atoms with Crippen molar-refractivity contribution >= 4 is 11.4 Å². The summed E-state index contributed by atoms with van der Waals surface area (Å²) in [4.78, 5) is 2.38. The summed E-state index contributed by atoms with van der Waals surface area (Å²) < 4.78 is 0. The van der Waals surface area contributed by atoms with Crippen molar-refractivity contribution in [1.29, 1.82) is 5.26 Å². The van der Waals surface area contributed by atoms with E-state index in [1.54, 1.807) is 0 Å². The number of rotatable bonds is 2. The molecule has 2 N–H and O–H groups in total. The average molecular weight is 277 g/mol. The van der Waals surface area contributed by atoms with Gasteiger partial charge in [0.2, 0.25) is 0 Å². The highest BCUT2D eigenvalue weighted by molar-refractivity contribution is 5.59. The van der Waals surface area contributed by atoms with Crippen molar-refractivity contribution in [2.24, 2.45) is 0 Å². The third-order valence-corrected chi connectivity index (χ3v) is 4.11. The topological polar surface area (TPSA) is 53.0 Å². The minimum atomic E-state index is 0.365. The van der Waals surface area contributed by atoms with Crippen molar-refractivity contribution < 1.29 is 0 Å². The Morgan fingerprint density at radius 3 is 2.76 bits per heavy atom. The first kappa shape index (κ1) is 13.5. The number of hydrogen-bond donors (Lipinski definition) is 1. The fourth-order valence-corrected chi connectivity index (χ4v) is 2.95. The lowest BCUT2D eigenvalue weighted by atomic mass is 10.0. The van der Waals surface area contributed by atoms with Crippen LogP contribution in [-0.2, 0) is 19.4 Å². The van der Waals surface area contributed by atoms with E-state index in [-0.39, 0.29) is 0 Å². The number of fused-ring (bicyclic) bond motifs is 1. The van der Waals surface area contributed by atoms with Crippen LogP contribution in [0.1, 0.15) is 23.1 Å². The van der Waals surface area contributed by atoms with E-state index in [9.17, 15) is 0 Å². The molecule has 0 bridgehead atoms. The number of nitrogen functional groups attached to an aromatic ring is 1. The van der Waals surface area contributed by atoms with Crippen LogP contribution in [0.2, 0.25) is 0 Å². The number of hydrogen-bond acceptors (Lipinski definition) is 3. The van der Waals surface area contributed by atoms with Crippen molar-refractivity contribution in [3.63, 3.8) is 0 Å². The first-order valence-corrected chi connectivity index (χ1v) is 7.35. The second kappa shape index (κ2) is 5.88. The van der Waals surface area contributed by atoms with Crippen LogP contribution in [0.25, 0.3) is 0 Å². The molecule has 3 rings (SSSR count). The van der Waals surface area contributed by atoms with E-state index in [4.69, 9.17) is 11.0 Å². The van der Waals surface area contributed by atoms with Gasteiger partial charge in [0.25, 0.3) is 0 Å². The monoisotopic (exact) mass is 277 g/mol. The summed E-state index contributed by atoms with van der Waals surface area (Å²) in [6.07, 6.45) is 2.64. The molecule has 0 unspecified atom stereocenters. The number of nitrogens with two attached hydrogens (primary N) is 1. The normalized spacial score (nSPS) is 14.1. The maximum atomic E-state index is 8.90. The number of benzene rings is 2. The summed E-state index contributed by atoms with van der Waals surface area (Å²) in [5.74, 6) is 0. The number of anilines is 2. The Balaban J connectivity index is 1.91. The largest absolute Gasteiger partial charge is 0.398 e. The molecule has 0 saturated carbocycles. The van der Waals surface area contributed by atoms with Gasteiger partial charge in [0.15, 0.2) is 0 Å². The molecule has 0 atom stereocenters. The zero-order valence-corrected chi connectivity index (χ0v) is 12.0. The van der Waals surface area contributed by atoms with E-state index in [0.717, 1.165) is 37.2 Å². The predicted octanol–water partition coefficient (Wildman–Crippen LogP) is 3.29. The molecular weight excluding hydrogens is 258 g/mol. The maximum absolute atomic E-state index is 8.90. The molecule has 0 radical (unpaired) electrons. The van der Waals surface area contributed by atoms with E-state index in [2.05, 4.69) is 47.4 Å². The minimum Gasteiger partial charge on any atom is -0.398 e. The van der Waals surface area contributed by atoms with Gasteiger partial charge in [-0.05, 0) is 47.7 Å². The zero-order valence-electron chi connectivity index (χ0n) is 12.0. The lowest BCUT2D eigenvalue weighted by molar-refractivity contribution is 0.765. The van der Waals surface area contributed by atoms with Gasteiger partial charge in [-0.2, -0.15) is 5.26 Å². The quantitative estimate of drug-likeness (QED) is 0.857. The summed E-state index contributed by atoms with van der Waals surface area (Å²) >= 11 is 0. The minimum absolute atomic E-state index is 0.365. The van der Waals surface area contributed by atoms with Crippen molar-refractivity contribution in [2.75, 3.05) is 17.2 Å². The Hall–Kier alpha value is -2.47. The van der Waals surface area contributed by atoms with Crippen LogP contribution in [0.5, 0.6) is 0 Å². The van der Waals surface area contributed by atoms with E-state index in [0.29, 0.717) is 12.1 Å². The van der Waals surface area contributed by atoms with E-state index < -0.39 is 0 Å². The molecular formula is C18H19N3. The molecule has 0 aliphatic carbocycles. The summed E-state index contributed by atoms with van der Waals surface area (Å²) in [6.45, 7) is 1.96. The van der Waals surface area contributed by atoms with Crippen LogP contribution in [0, 0.1) is 11.3 Å². The Morgan fingerprint density at radius 1 is 1.14 bits per heavy atom. The molecule has 106 valence electrons. The third-order valence-electron chi connectivity index (χ3n) is 4.11. The first-order valence-electron chi connectivity index (χ1n) is 7.35. The van der Waals surface area contributed by atoms with Crippen LogP contribution in [0.3, 0.4) is 0 Å². The Morgan fingerprint density at radius 2 is 1.95 bits per heavy atom. The van der Waals surface area contributed by atoms with Crippen LogP contribution < -0.4 is 10.6 Å². The van der Waals surface area contributed by atoms with Gasteiger partial charge in [-0.1, -0.05) is 24.3 Å². The van der Waals surface area contributed by atoms with Gasteiger partial charge in [-0.25, -0.2) is 0 Å². The zero-order chi connectivity index (χ0) is 14.7. The number of aryl methyl sites for hydroxylation is 1. The highest BCUT2D eigenvalue weighted by Gasteiger charge is 2.15. The summed E-state index contributed by atoms with van der Waals surface area (Å²) in [7, 11) is 0. The van der Waals surface area contributed by atoms with Gasteiger partial charge >= 0.3 is 0 Å². The summed E-state index contributed by atoms with van der Waals surface area (Å²) in [5, 5.41) is 8.90. The molecule has 1 heterocycles. The number of nitrogens with zero attached hydrogens (tertiary/aromatic N) is 2. The molecule has 3 heteroatoms. The Kier molecular flexibility index (Phi) is 3.79. The van der Waals surface area contributed by atoms with Gasteiger partial charge < -0.3 is 10.6 Å². The van der Waals surface area contributed by atoms with Crippen LogP contribution >= 0.6 is 0 Å². The van der Waals surface area contributed by atoms with Crippen molar-refractivity contribution in [1.82, 2.24) is 0 Å². The molecule has 2 aromatic carbocycles. The highest BCUT2D eigenvalue weighted by Crippen LogP contribution is 2.26. The molecule has 0 amide bonds. The van der Waals surface area contributed by atoms with E-state index in [1.165, 1.54) is 11.1 Å². The molecule has 1 aliphatic rings. The molecule has 0 aromatic heterocycles. The van der Waals surface area contributed by atoms with E-state index in [1.807, 2.05) is 6.07 Å². The standard InChI is InChI=1S/C18H19N3/c19-10-9-15-12-17(7-8-18(15)20)21-11-3-6-14-4-1-2-5-16(14)13-21/h1-2,4-5,7-8,12H,3,6,9,11,13,20H2. The molecule has 21 heavy (non-hydrogen) atoms. The van der Waals surface area contributed by atoms with Gasteiger partial charge in [0, 0.05) is 24.5 Å². The van der Waals surface area contributed by atoms with Crippen LogP contribution in [-0.4, -0.2) is 6.54 Å². The Labute approximate surface area is 125 Å². The van der Waals surface area contributed by atoms with Crippen LogP contribution in [0.15, 0.2) is 42.5 Å². The third kappa shape index (κ3) is 2.85. The van der Waals surface area contributed by atoms with Gasteiger partial charge in [0.05, 0.1) is 12.5 Å². The molecule has 0 fully saturated rings. The molecule has 3 nitrogen and oxygen atoms in total. The van der Waals surface area contributed by atoms with Crippen molar-refractivity contribution in [2.45, 2.75) is 25.8 Å². The maximum Gasteiger partial charge on any atom is 0.0670 e. The fourth-order valence-electron chi connectivity index (χ4n) is 2.95. The van der Waals surface area contributed by atoms with Gasteiger partial charge in [-0.3, -0.25) is 0 Å². The lowest BCUT2D eigenvalue weighted by Crippen LogP contribution is -2.22. The highest BCUT2D eigenvalue weighted by atomic mass is 15.1. The molecule has 1 aliphatic heterocycles. The predicted molar refractivity (Wildman–Crippen MR) is 86.0 cm³/mol. The number of nitriles is 1. The van der Waals surface area contributed by atoms with Gasteiger partial charge in [0.1, 0.15) is 0 Å². The SMILES string of the molecule is N#CCc1cc(N2CCCc3ccccc3C2)ccc1N. The molecule has 0 saturated heterocycles. The smallest absolute Gasteiger partial charge is 0.0670 e. The second-order valence-corrected chi connectivity index (χ2v) is 5.51. The van der Waals surface area contributed by atoms with Crippen LogP contribution in [0.4, 0.5) is 11.4 Å². The van der Waals surface area contributed by atoms with Gasteiger partial charge in [-0.15, -0.1) is 0 Å². The van der Waals surface area contributed by atoms with Crippen molar-refractivity contribution in [3.05, 3.63) is 59.2 Å². The first-order chi connectivity index (χ1) is 10.3. The van der Waals surface area contributed by atoms with Crippen molar-refractivity contribution in [3.8, 4) is 6.07 Å². The molecule has 2 aromatic rings.